The molecule has 0 N–H and O–H groups in total. The van der Waals surface area contributed by atoms with Gasteiger partial charge in [-0.2, -0.15) is 0 Å². The number of aromatic nitrogens is 2. The SMILES string of the molecule is Cc1ccc(N2CCN(C(=O)[C@@H]3CCCN(Cc4nc5ccccc5n4-c4ccc(Br)cc4)C3)CC2)cc1C. The lowest BCUT2D eigenvalue weighted by Gasteiger charge is -2.39. The Morgan fingerprint density at radius 2 is 1.64 bits per heavy atom. The van der Waals surface area contributed by atoms with Gasteiger partial charge in [0, 0.05) is 48.6 Å². The number of likely N-dealkylation sites (tertiary alicyclic amines) is 1. The number of piperidine rings is 1. The van der Waals surface area contributed by atoms with E-state index in [4.69, 9.17) is 4.98 Å². The first-order chi connectivity index (χ1) is 19.0. The van der Waals surface area contributed by atoms with Crippen LogP contribution in [0.2, 0.25) is 0 Å². The summed E-state index contributed by atoms with van der Waals surface area (Å²) in [7, 11) is 0. The quantitative estimate of drug-likeness (QED) is 0.289. The third-order valence-electron chi connectivity index (χ3n) is 8.38. The minimum Gasteiger partial charge on any atom is -0.368 e. The van der Waals surface area contributed by atoms with Crippen LogP contribution in [0.1, 0.15) is 29.8 Å². The van der Waals surface area contributed by atoms with Crippen molar-refractivity contribution in [1.82, 2.24) is 19.4 Å². The fourth-order valence-corrected chi connectivity index (χ4v) is 6.29. The number of halogens is 1. The number of fused-ring (bicyclic) bond motifs is 1. The van der Waals surface area contributed by atoms with Gasteiger partial charge in [-0.25, -0.2) is 4.98 Å². The smallest absolute Gasteiger partial charge is 0.227 e. The van der Waals surface area contributed by atoms with Crippen LogP contribution < -0.4 is 4.90 Å². The van der Waals surface area contributed by atoms with Crippen LogP contribution in [-0.4, -0.2) is 64.5 Å². The van der Waals surface area contributed by atoms with Gasteiger partial charge >= 0.3 is 0 Å². The molecule has 3 aromatic carbocycles. The van der Waals surface area contributed by atoms with E-state index in [1.54, 1.807) is 0 Å². The van der Waals surface area contributed by atoms with E-state index in [1.807, 2.05) is 6.07 Å². The molecule has 6 rings (SSSR count). The van der Waals surface area contributed by atoms with Gasteiger partial charge < -0.3 is 9.80 Å². The summed E-state index contributed by atoms with van der Waals surface area (Å²) in [6, 6.07) is 23.4. The zero-order chi connectivity index (χ0) is 26.9. The van der Waals surface area contributed by atoms with Crippen LogP contribution in [0.25, 0.3) is 16.7 Å². The molecule has 202 valence electrons. The molecule has 7 heteroatoms. The first kappa shape index (κ1) is 26.1. The Kier molecular flexibility index (Phi) is 7.45. The van der Waals surface area contributed by atoms with Crippen LogP contribution in [0.4, 0.5) is 5.69 Å². The molecule has 6 nitrogen and oxygen atoms in total. The van der Waals surface area contributed by atoms with Crippen LogP contribution in [0.5, 0.6) is 0 Å². The van der Waals surface area contributed by atoms with Crippen molar-refractivity contribution in [3.8, 4) is 5.69 Å². The van der Waals surface area contributed by atoms with Crippen molar-refractivity contribution >= 4 is 38.6 Å². The van der Waals surface area contributed by atoms with E-state index in [0.29, 0.717) is 5.91 Å². The number of nitrogens with zero attached hydrogens (tertiary/aromatic N) is 5. The molecule has 4 aromatic rings. The van der Waals surface area contributed by atoms with Crippen LogP contribution in [0.15, 0.2) is 71.2 Å². The maximum atomic E-state index is 13.6. The van der Waals surface area contributed by atoms with Crippen molar-refractivity contribution in [3.63, 3.8) is 0 Å². The number of aryl methyl sites for hydroxylation is 2. The Hall–Kier alpha value is -3.16. The molecular weight excluding hydrogens is 550 g/mol. The molecule has 0 saturated carbocycles. The number of rotatable bonds is 5. The van der Waals surface area contributed by atoms with Crippen LogP contribution in [0.3, 0.4) is 0 Å². The molecule has 0 spiro atoms. The largest absolute Gasteiger partial charge is 0.368 e. The van der Waals surface area contributed by atoms with Gasteiger partial charge in [0.15, 0.2) is 0 Å². The molecule has 2 saturated heterocycles. The minimum atomic E-state index is 0.0532. The predicted octanol–water partition coefficient (Wildman–Crippen LogP) is 5.97. The fraction of sp³-hybridized carbons (Fsp3) is 0.375. The molecule has 0 aliphatic carbocycles. The maximum absolute atomic E-state index is 13.6. The van der Waals surface area contributed by atoms with Gasteiger partial charge in [-0.15, -0.1) is 0 Å². The number of benzene rings is 3. The molecule has 0 bridgehead atoms. The van der Waals surface area contributed by atoms with Gasteiger partial charge in [0.2, 0.25) is 5.91 Å². The van der Waals surface area contributed by atoms with Gasteiger partial charge in [-0.3, -0.25) is 14.3 Å². The first-order valence-corrected chi connectivity index (χ1v) is 14.8. The van der Waals surface area contributed by atoms with E-state index in [1.165, 1.54) is 16.8 Å². The minimum absolute atomic E-state index is 0.0532. The Labute approximate surface area is 239 Å². The molecular formula is C32H36BrN5O. The van der Waals surface area contributed by atoms with Gasteiger partial charge in [0.05, 0.1) is 23.5 Å². The van der Waals surface area contributed by atoms with E-state index >= 15 is 0 Å². The molecule has 2 aliphatic rings. The van der Waals surface area contributed by atoms with E-state index in [9.17, 15) is 4.79 Å². The van der Waals surface area contributed by atoms with Gasteiger partial charge in [0.25, 0.3) is 0 Å². The lowest BCUT2D eigenvalue weighted by molar-refractivity contribution is -0.137. The van der Waals surface area contributed by atoms with E-state index in [2.05, 4.69) is 110 Å². The summed E-state index contributed by atoms with van der Waals surface area (Å²) in [5, 5.41) is 0. The number of amides is 1. The number of anilines is 1. The van der Waals surface area contributed by atoms with E-state index < -0.39 is 0 Å². The molecule has 2 aliphatic heterocycles. The number of carbonyl (C=O) groups is 1. The van der Waals surface area contributed by atoms with E-state index in [-0.39, 0.29) is 5.92 Å². The molecule has 0 radical (unpaired) electrons. The molecule has 0 unspecified atom stereocenters. The van der Waals surface area contributed by atoms with Crippen molar-refractivity contribution in [2.24, 2.45) is 5.92 Å². The topological polar surface area (TPSA) is 44.6 Å². The highest BCUT2D eigenvalue weighted by Crippen LogP contribution is 2.27. The van der Waals surface area contributed by atoms with E-state index in [0.717, 1.165) is 85.7 Å². The summed E-state index contributed by atoms with van der Waals surface area (Å²) in [6.45, 7) is 10.2. The van der Waals surface area contributed by atoms with Crippen molar-refractivity contribution < 1.29 is 4.79 Å². The van der Waals surface area contributed by atoms with Crippen molar-refractivity contribution in [1.29, 1.82) is 0 Å². The summed E-state index contributed by atoms with van der Waals surface area (Å²) in [5.74, 6) is 1.40. The second kappa shape index (κ2) is 11.1. The Balaban J connectivity index is 1.13. The number of hydrogen-bond acceptors (Lipinski definition) is 4. The van der Waals surface area contributed by atoms with Gasteiger partial charge in [-0.05, 0) is 92.9 Å². The molecule has 1 atom stereocenters. The van der Waals surface area contributed by atoms with Crippen molar-refractivity contribution in [3.05, 3.63) is 88.2 Å². The van der Waals surface area contributed by atoms with Crippen molar-refractivity contribution in [2.45, 2.75) is 33.2 Å². The fourth-order valence-electron chi connectivity index (χ4n) is 6.03. The zero-order valence-electron chi connectivity index (χ0n) is 22.8. The summed E-state index contributed by atoms with van der Waals surface area (Å²) in [6.07, 6.45) is 2.01. The number of imidazole rings is 1. The lowest BCUT2D eigenvalue weighted by Crippen LogP contribution is -2.52. The number of carbonyl (C=O) groups excluding carboxylic acids is 1. The number of piperazine rings is 1. The van der Waals surface area contributed by atoms with Crippen LogP contribution in [-0.2, 0) is 11.3 Å². The second-order valence-corrected chi connectivity index (χ2v) is 11.9. The van der Waals surface area contributed by atoms with Gasteiger partial charge in [-0.1, -0.05) is 34.1 Å². The maximum Gasteiger partial charge on any atom is 0.227 e. The third kappa shape index (κ3) is 5.48. The summed E-state index contributed by atoms with van der Waals surface area (Å²) >= 11 is 3.56. The lowest BCUT2D eigenvalue weighted by atomic mass is 9.96. The molecule has 1 amide bonds. The zero-order valence-corrected chi connectivity index (χ0v) is 24.4. The summed E-state index contributed by atoms with van der Waals surface area (Å²) < 4.78 is 3.32. The van der Waals surface area contributed by atoms with Crippen LogP contribution in [0, 0.1) is 19.8 Å². The highest BCUT2D eigenvalue weighted by molar-refractivity contribution is 9.10. The molecule has 39 heavy (non-hydrogen) atoms. The summed E-state index contributed by atoms with van der Waals surface area (Å²) in [4.78, 5) is 25.6. The highest BCUT2D eigenvalue weighted by atomic mass is 79.9. The standard InChI is InChI=1S/C32H36BrN5O/c1-23-9-12-28(20-24(23)2)36-16-18-37(19-17-36)32(39)25-6-5-15-35(21-25)22-31-34-29-7-3-4-8-30(29)38(31)27-13-10-26(33)11-14-27/h3-4,7-14,20,25H,5-6,15-19,21-22H2,1-2H3/t25-/m1/s1. The van der Waals surface area contributed by atoms with Gasteiger partial charge in [0.1, 0.15) is 5.82 Å². The second-order valence-electron chi connectivity index (χ2n) is 11.0. The Morgan fingerprint density at radius 1 is 0.897 bits per heavy atom. The normalized spacial score (nSPS) is 18.6. The Morgan fingerprint density at radius 3 is 2.41 bits per heavy atom. The number of para-hydroxylation sites is 2. The average Bonchev–Trinajstić information content (AvgIpc) is 3.32. The Bertz CT molecular complexity index is 1470. The van der Waals surface area contributed by atoms with Crippen LogP contribution >= 0.6 is 15.9 Å². The third-order valence-corrected chi connectivity index (χ3v) is 8.91. The van der Waals surface area contributed by atoms with Crippen molar-refractivity contribution in [2.75, 3.05) is 44.2 Å². The average molecular weight is 587 g/mol. The number of hydrogen-bond donors (Lipinski definition) is 0. The summed E-state index contributed by atoms with van der Waals surface area (Å²) in [5.41, 5.74) is 7.13. The highest BCUT2D eigenvalue weighted by Gasteiger charge is 2.32. The molecule has 2 fully saturated rings. The monoisotopic (exact) mass is 585 g/mol. The predicted molar refractivity (Wildman–Crippen MR) is 161 cm³/mol. The first-order valence-electron chi connectivity index (χ1n) is 14.0. The molecule has 3 heterocycles. The molecule has 1 aromatic heterocycles.